The number of phenols is 1. The van der Waals surface area contributed by atoms with Crippen LogP contribution < -0.4 is 5.32 Å². The predicted molar refractivity (Wildman–Crippen MR) is 90.2 cm³/mol. The van der Waals surface area contributed by atoms with E-state index in [0.717, 1.165) is 28.7 Å². The van der Waals surface area contributed by atoms with Crippen molar-refractivity contribution in [3.8, 4) is 16.9 Å². The fraction of sp³-hybridized carbons (Fsp3) is 0.316. The molecule has 0 amide bonds. The van der Waals surface area contributed by atoms with E-state index in [9.17, 15) is 9.90 Å². The van der Waals surface area contributed by atoms with Crippen molar-refractivity contribution >= 4 is 5.78 Å². The number of hydrogen-bond acceptors (Lipinski definition) is 3. The number of phenolic OH excluding ortho intramolecular Hbond substituents is 1. The number of nitrogens with one attached hydrogen (secondary N) is 1. The van der Waals surface area contributed by atoms with Crippen molar-refractivity contribution in [1.82, 2.24) is 5.32 Å². The fourth-order valence-electron chi connectivity index (χ4n) is 2.66. The van der Waals surface area contributed by atoms with E-state index in [2.05, 4.69) is 36.5 Å². The molecule has 3 heteroatoms. The Balaban J connectivity index is 2.24. The maximum atomic E-state index is 11.5. The number of aryl methyl sites for hydroxylation is 1. The molecule has 2 rings (SSSR count). The molecule has 2 aromatic carbocycles. The molecule has 116 valence electrons. The molecule has 0 aliphatic heterocycles. The second-order valence-corrected chi connectivity index (χ2v) is 5.55. The molecule has 2 N–H and O–H groups in total. The number of carbonyl (C=O) groups excluding carboxylic acids is 1. The Bertz CT molecular complexity index is 647. The van der Waals surface area contributed by atoms with E-state index >= 15 is 0 Å². The summed E-state index contributed by atoms with van der Waals surface area (Å²) in [7, 11) is 1.81. The Kier molecular flexibility index (Phi) is 5.34. The topological polar surface area (TPSA) is 49.3 Å². The fourth-order valence-corrected chi connectivity index (χ4v) is 2.66. The highest BCUT2D eigenvalue weighted by Crippen LogP contribution is 2.27. The van der Waals surface area contributed by atoms with E-state index in [1.54, 1.807) is 13.0 Å². The number of benzene rings is 2. The molecule has 0 aliphatic carbocycles. The van der Waals surface area contributed by atoms with Crippen LogP contribution in [0.3, 0.4) is 0 Å². The summed E-state index contributed by atoms with van der Waals surface area (Å²) in [5.74, 6) is 0.453. The lowest BCUT2D eigenvalue weighted by Gasteiger charge is -2.13. The summed E-state index contributed by atoms with van der Waals surface area (Å²) in [5, 5.41) is 12.6. The standard InChI is InChI=1S/C19H23NO2/c1-4-15-12-17(22)9-10-18(15)16-7-5-14(6-8-16)11-19(20-3)13(2)21/h5-10,12,19-20,22H,4,11H2,1-3H3/t19-/m0/s1. The third-order valence-electron chi connectivity index (χ3n) is 4.01. The monoisotopic (exact) mass is 297 g/mol. The molecule has 0 bridgehead atoms. The van der Waals surface area contributed by atoms with E-state index in [1.165, 1.54) is 0 Å². The van der Waals surface area contributed by atoms with Crippen molar-refractivity contribution in [1.29, 1.82) is 0 Å². The number of hydrogen-bond donors (Lipinski definition) is 2. The molecule has 0 spiro atoms. The molecule has 0 unspecified atom stereocenters. The van der Waals surface area contributed by atoms with E-state index in [0.29, 0.717) is 12.2 Å². The molecule has 1 atom stereocenters. The van der Waals surface area contributed by atoms with Crippen molar-refractivity contribution in [2.45, 2.75) is 32.7 Å². The average Bonchev–Trinajstić information content (AvgIpc) is 2.52. The van der Waals surface area contributed by atoms with E-state index < -0.39 is 0 Å². The van der Waals surface area contributed by atoms with Gasteiger partial charge in [-0.1, -0.05) is 37.3 Å². The van der Waals surface area contributed by atoms with Crippen LogP contribution in [0.2, 0.25) is 0 Å². The van der Waals surface area contributed by atoms with Crippen LogP contribution >= 0.6 is 0 Å². The molecule has 3 nitrogen and oxygen atoms in total. The highest BCUT2D eigenvalue weighted by Gasteiger charge is 2.12. The number of carbonyl (C=O) groups is 1. The van der Waals surface area contributed by atoms with Crippen molar-refractivity contribution in [3.63, 3.8) is 0 Å². The Morgan fingerprint density at radius 3 is 2.41 bits per heavy atom. The van der Waals surface area contributed by atoms with Crippen LogP contribution in [0.25, 0.3) is 11.1 Å². The lowest BCUT2D eigenvalue weighted by Crippen LogP contribution is -2.34. The zero-order valence-electron chi connectivity index (χ0n) is 13.4. The summed E-state index contributed by atoms with van der Waals surface area (Å²) >= 11 is 0. The molecule has 0 fully saturated rings. The minimum absolute atomic E-state index is 0.134. The Morgan fingerprint density at radius 2 is 1.86 bits per heavy atom. The zero-order chi connectivity index (χ0) is 16.1. The van der Waals surface area contributed by atoms with Crippen molar-refractivity contribution in [3.05, 3.63) is 53.6 Å². The molecule has 0 saturated carbocycles. The summed E-state index contributed by atoms with van der Waals surface area (Å²) in [6.07, 6.45) is 1.57. The maximum absolute atomic E-state index is 11.5. The van der Waals surface area contributed by atoms with Crippen LogP contribution in [0.15, 0.2) is 42.5 Å². The van der Waals surface area contributed by atoms with Crippen molar-refractivity contribution in [2.24, 2.45) is 0 Å². The van der Waals surface area contributed by atoms with Crippen LogP contribution in [0.5, 0.6) is 5.75 Å². The SMILES string of the molecule is CCc1cc(O)ccc1-c1ccc(C[C@H](NC)C(C)=O)cc1. The Morgan fingerprint density at radius 1 is 1.18 bits per heavy atom. The van der Waals surface area contributed by atoms with E-state index in [1.807, 2.05) is 19.2 Å². The smallest absolute Gasteiger partial charge is 0.147 e. The van der Waals surface area contributed by atoms with Gasteiger partial charge in [-0.25, -0.2) is 0 Å². The van der Waals surface area contributed by atoms with Gasteiger partial charge >= 0.3 is 0 Å². The van der Waals surface area contributed by atoms with Crippen LogP contribution in [-0.4, -0.2) is 24.0 Å². The first-order valence-corrected chi connectivity index (χ1v) is 7.64. The lowest BCUT2D eigenvalue weighted by atomic mass is 9.95. The maximum Gasteiger partial charge on any atom is 0.147 e. The van der Waals surface area contributed by atoms with E-state index in [4.69, 9.17) is 0 Å². The average molecular weight is 297 g/mol. The van der Waals surface area contributed by atoms with Gasteiger partial charge in [0.15, 0.2) is 0 Å². The molecule has 22 heavy (non-hydrogen) atoms. The molecular formula is C19H23NO2. The highest BCUT2D eigenvalue weighted by molar-refractivity contribution is 5.81. The highest BCUT2D eigenvalue weighted by atomic mass is 16.3. The van der Waals surface area contributed by atoms with Crippen LogP contribution in [0, 0.1) is 0 Å². The van der Waals surface area contributed by atoms with Gasteiger partial charge in [-0.05, 0) is 61.2 Å². The summed E-state index contributed by atoms with van der Waals surface area (Å²) in [6, 6.07) is 13.6. The Hall–Kier alpha value is -2.13. The quantitative estimate of drug-likeness (QED) is 0.859. The van der Waals surface area contributed by atoms with Crippen LogP contribution in [0.4, 0.5) is 0 Å². The summed E-state index contributed by atoms with van der Waals surface area (Å²) in [5.41, 5.74) is 4.53. The van der Waals surface area contributed by atoms with Gasteiger partial charge in [0.05, 0.1) is 6.04 Å². The van der Waals surface area contributed by atoms with Gasteiger partial charge in [0, 0.05) is 0 Å². The number of aromatic hydroxyl groups is 1. The second-order valence-electron chi connectivity index (χ2n) is 5.55. The molecule has 0 aromatic heterocycles. The third kappa shape index (κ3) is 3.74. The molecule has 0 heterocycles. The normalized spacial score (nSPS) is 12.1. The Labute approximate surface area is 132 Å². The van der Waals surface area contributed by atoms with Gasteiger partial charge in [0.2, 0.25) is 0 Å². The molecular weight excluding hydrogens is 274 g/mol. The first kappa shape index (κ1) is 16.2. The number of ketones is 1. The third-order valence-corrected chi connectivity index (χ3v) is 4.01. The predicted octanol–water partition coefficient (Wildman–Crippen LogP) is 3.34. The molecule has 0 aliphatic rings. The molecule has 0 saturated heterocycles. The van der Waals surface area contributed by atoms with Crippen LogP contribution in [-0.2, 0) is 17.6 Å². The van der Waals surface area contributed by atoms with Crippen LogP contribution in [0.1, 0.15) is 25.0 Å². The number of rotatable bonds is 6. The van der Waals surface area contributed by atoms with Gasteiger partial charge in [0.1, 0.15) is 11.5 Å². The van der Waals surface area contributed by atoms with Gasteiger partial charge < -0.3 is 10.4 Å². The summed E-state index contributed by atoms with van der Waals surface area (Å²) in [6.45, 7) is 3.69. The number of Topliss-reactive ketones (excluding diaryl/α,β-unsaturated/α-hetero) is 1. The van der Waals surface area contributed by atoms with Crippen molar-refractivity contribution < 1.29 is 9.90 Å². The van der Waals surface area contributed by atoms with Gasteiger partial charge in [-0.2, -0.15) is 0 Å². The largest absolute Gasteiger partial charge is 0.508 e. The van der Waals surface area contributed by atoms with Crippen molar-refractivity contribution in [2.75, 3.05) is 7.05 Å². The summed E-state index contributed by atoms with van der Waals surface area (Å²) < 4.78 is 0. The first-order valence-electron chi connectivity index (χ1n) is 7.64. The second kappa shape index (κ2) is 7.23. The lowest BCUT2D eigenvalue weighted by molar-refractivity contribution is -0.118. The minimum atomic E-state index is -0.134. The first-order chi connectivity index (χ1) is 10.5. The van der Waals surface area contributed by atoms with E-state index in [-0.39, 0.29) is 11.8 Å². The zero-order valence-corrected chi connectivity index (χ0v) is 13.4. The molecule has 0 radical (unpaired) electrons. The molecule has 2 aromatic rings. The van der Waals surface area contributed by atoms with Gasteiger partial charge in [-0.3, -0.25) is 4.79 Å². The van der Waals surface area contributed by atoms with Gasteiger partial charge in [0.25, 0.3) is 0 Å². The summed E-state index contributed by atoms with van der Waals surface area (Å²) in [4.78, 5) is 11.5. The minimum Gasteiger partial charge on any atom is -0.508 e. The van der Waals surface area contributed by atoms with Gasteiger partial charge in [-0.15, -0.1) is 0 Å². The number of likely N-dealkylation sites (N-methyl/N-ethyl adjacent to an activating group) is 1.